The van der Waals surface area contributed by atoms with E-state index < -0.39 is 5.82 Å². The SMILES string of the molecule is COc1ccccc1N1CCN(Cc2nonc2C(=N)Nc2ccc(F)c(Cl)c2)CC1. The van der Waals surface area contributed by atoms with Crippen molar-refractivity contribution in [2.75, 3.05) is 43.5 Å². The number of anilines is 2. The lowest BCUT2D eigenvalue weighted by Gasteiger charge is -2.36. The molecule has 4 rings (SSSR count). The van der Waals surface area contributed by atoms with Crippen LogP contribution in [0, 0.1) is 11.2 Å². The first kappa shape index (κ1) is 21.1. The van der Waals surface area contributed by atoms with E-state index >= 15 is 0 Å². The van der Waals surface area contributed by atoms with Crippen LogP contribution in [-0.2, 0) is 6.54 Å². The Labute approximate surface area is 184 Å². The first-order valence-corrected chi connectivity index (χ1v) is 10.2. The number of benzene rings is 2. The predicted octanol–water partition coefficient (Wildman–Crippen LogP) is 3.63. The van der Waals surface area contributed by atoms with Gasteiger partial charge in [-0.1, -0.05) is 28.9 Å². The van der Waals surface area contributed by atoms with E-state index in [4.69, 9.17) is 26.4 Å². The zero-order valence-electron chi connectivity index (χ0n) is 16.9. The van der Waals surface area contributed by atoms with E-state index in [1.54, 1.807) is 7.11 Å². The summed E-state index contributed by atoms with van der Waals surface area (Å²) in [6.07, 6.45) is 0. The van der Waals surface area contributed by atoms with E-state index in [9.17, 15) is 4.39 Å². The summed E-state index contributed by atoms with van der Waals surface area (Å²) in [7, 11) is 1.68. The van der Waals surface area contributed by atoms with Crippen molar-refractivity contribution in [3.63, 3.8) is 0 Å². The van der Waals surface area contributed by atoms with Gasteiger partial charge in [0.05, 0.1) is 17.8 Å². The first-order chi connectivity index (χ1) is 15.0. The van der Waals surface area contributed by atoms with Crippen LogP contribution in [-0.4, -0.2) is 54.3 Å². The summed E-state index contributed by atoms with van der Waals surface area (Å²) in [6.45, 7) is 3.82. The summed E-state index contributed by atoms with van der Waals surface area (Å²) >= 11 is 5.81. The average Bonchev–Trinajstić information content (AvgIpc) is 3.25. The quantitative estimate of drug-likeness (QED) is 0.443. The van der Waals surface area contributed by atoms with Crippen molar-refractivity contribution in [3.8, 4) is 5.75 Å². The molecular weight excluding hydrogens is 423 g/mol. The fourth-order valence-electron chi connectivity index (χ4n) is 3.53. The third-order valence-electron chi connectivity index (χ3n) is 5.15. The van der Waals surface area contributed by atoms with Crippen LogP contribution < -0.4 is 15.0 Å². The van der Waals surface area contributed by atoms with Crippen LogP contribution in [0.4, 0.5) is 15.8 Å². The second-order valence-corrected chi connectivity index (χ2v) is 7.53. The summed E-state index contributed by atoms with van der Waals surface area (Å²) < 4.78 is 23.7. The number of amidine groups is 1. The molecule has 0 bridgehead atoms. The van der Waals surface area contributed by atoms with Gasteiger partial charge >= 0.3 is 0 Å². The number of rotatable bonds is 6. The van der Waals surface area contributed by atoms with Crippen LogP contribution in [0.5, 0.6) is 5.75 Å². The fourth-order valence-corrected chi connectivity index (χ4v) is 3.71. The van der Waals surface area contributed by atoms with E-state index in [0.717, 1.165) is 37.6 Å². The number of aromatic nitrogens is 2. The van der Waals surface area contributed by atoms with E-state index in [1.165, 1.54) is 18.2 Å². The van der Waals surface area contributed by atoms with Crippen LogP contribution in [0.15, 0.2) is 47.1 Å². The zero-order valence-corrected chi connectivity index (χ0v) is 17.7. The standard InChI is InChI=1S/C21H22ClFN6O2/c1-30-19-5-3-2-4-18(19)29-10-8-28(9-11-29)13-17-20(27-31-26-17)21(24)25-14-6-7-16(23)15(22)12-14/h2-7,12H,8-11,13H2,1H3,(H2,24,25). The molecule has 2 aromatic carbocycles. The molecule has 1 aromatic heterocycles. The van der Waals surface area contributed by atoms with Gasteiger partial charge in [-0.15, -0.1) is 0 Å². The Morgan fingerprint density at radius 2 is 1.97 bits per heavy atom. The summed E-state index contributed by atoms with van der Waals surface area (Å²) in [5.74, 6) is 0.348. The van der Waals surface area contributed by atoms with Crippen LogP contribution in [0.2, 0.25) is 5.02 Å². The molecule has 8 nitrogen and oxygen atoms in total. The lowest BCUT2D eigenvalue weighted by molar-refractivity contribution is 0.237. The summed E-state index contributed by atoms with van der Waals surface area (Å²) in [5.41, 5.74) is 2.44. The summed E-state index contributed by atoms with van der Waals surface area (Å²) in [5, 5.41) is 19.0. The number of nitrogens with one attached hydrogen (secondary N) is 2. The fraction of sp³-hybridized carbons (Fsp3) is 0.286. The highest BCUT2D eigenvalue weighted by atomic mass is 35.5. The van der Waals surface area contributed by atoms with Gasteiger partial charge in [-0.05, 0) is 35.5 Å². The van der Waals surface area contributed by atoms with Crippen LogP contribution >= 0.6 is 11.6 Å². The highest BCUT2D eigenvalue weighted by Gasteiger charge is 2.23. The van der Waals surface area contributed by atoms with E-state index in [0.29, 0.717) is 23.6 Å². The molecule has 2 N–H and O–H groups in total. The minimum Gasteiger partial charge on any atom is -0.495 e. The Balaban J connectivity index is 1.37. The minimum atomic E-state index is -0.519. The van der Waals surface area contributed by atoms with Crippen molar-refractivity contribution in [2.45, 2.75) is 6.54 Å². The van der Waals surface area contributed by atoms with Gasteiger partial charge in [0.1, 0.15) is 17.3 Å². The molecule has 0 aliphatic carbocycles. The molecule has 0 saturated carbocycles. The highest BCUT2D eigenvalue weighted by Crippen LogP contribution is 2.28. The van der Waals surface area contributed by atoms with Crippen LogP contribution in [0.3, 0.4) is 0 Å². The summed E-state index contributed by atoms with van der Waals surface area (Å²) in [6, 6.07) is 12.1. The molecule has 1 saturated heterocycles. The minimum absolute atomic E-state index is 0.00610. The summed E-state index contributed by atoms with van der Waals surface area (Å²) in [4.78, 5) is 4.52. The maximum Gasteiger partial charge on any atom is 0.174 e. The van der Waals surface area contributed by atoms with Crippen molar-refractivity contribution in [3.05, 3.63) is 64.7 Å². The Morgan fingerprint density at radius 1 is 1.19 bits per heavy atom. The van der Waals surface area contributed by atoms with Crippen molar-refractivity contribution in [2.24, 2.45) is 0 Å². The van der Waals surface area contributed by atoms with Crippen molar-refractivity contribution in [1.29, 1.82) is 5.41 Å². The highest BCUT2D eigenvalue weighted by molar-refractivity contribution is 6.31. The van der Waals surface area contributed by atoms with Gasteiger partial charge in [0.2, 0.25) is 0 Å². The Kier molecular flexibility index (Phi) is 6.34. The number of ether oxygens (including phenoxy) is 1. The third kappa shape index (κ3) is 4.78. The van der Waals surface area contributed by atoms with E-state index in [2.05, 4.69) is 31.5 Å². The smallest absolute Gasteiger partial charge is 0.174 e. The largest absolute Gasteiger partial charge is 0.495 e. The average molecular weight is 445 g/mol. The molecule has 1 aliphatic heterocycles. The number of para-hydroxylation sites is 2. The molecule has 3 aromatic rings. The van der Waals surface area contributed by atoms with Crippen molar-refractivity contribution < 1.29 is 13.8 Å². The van der Waals surface area contributed by atoms with E-state index in [-0.39, 0.29) is 10.9 Å². The maximum atomic E-state index is 13.3. The molecule has 0 unspecified atom stereocenters. The van der Waals surface area contributed by atoms with E-state index in [1.807, 2.05) is 18.2 Å². The van der Waals surface area contributed by atoms with Gasteiger partial charge in [-0.3, -0.25) is 10.3 Å². The number of nitrogens with zero attached hydrogens (tertiary/aromatic N) is 4. The van der Waals surface area contributed by atoms with Crippen LogP contribution in [0.1, 0.15) is 11.4 Å². The molecule has 0 spiro atoms. The monoisotopic (exact) mass is 444 g/mol. The van der Waals surface area contributed by atoms with Crippen molar-refractivity contribution in [1.82, 2.24) is 15.2 Å². The topological polar surface area (TPSA) is 90.5 Å². The molecule has 2 heterocycles. The number of piperazine rings is 1. The Bertz CT molecular complexity index is 1070. The van der Waals surface area contributed by atoms with Gasteiger partial charge in [0.25, 0.3) is 0 Å². The molecule has 0 amide bonds. The number of hydrogen-bond donors (Lipinski definition) is 2. The first-order valence-electron chi connectivity index (χ1n) is 9.78. The normalized spacial score (nSPS) is 14.5. The Hall–Kier alpha value is -3.17. The molecule has 0 radical (unpaired) electrons. The van der Waals surface area contributed by atoms with Crippen molar-refractivity contribution >= 4 is 28.8 Å². The predicted molar refractivity (Wildman–Crippen MR) is 117 cm³/mol. The third-order valence-corrected chi connectivity index (χ3v) is 5.44. The molecule has 10 heteroatoms. The van der Waals surface area contributed by atoms with Crippen LogP contribution in [0.25, 0.3) is 0 Å². The molecule has 162 valence electrons. The van der Waals surface area contributed by atoms with Gasteiger partial charge in [-0.25, -0.2) is 9.02 Å². The molecule has 1 fully saturated rings. The molecule has 0 atom stereocenters. The van der Waals surface area contributed by atoms with Gasteiger partial charge in [0.15, 0.2) is 11.5 Å². The number of hydrogen-bond acceptors (Lipinski definition) is 7. The maximum absolute atomic E-state index is 13.3. The second-order valence-electron chi connectivity index (χ2n) is 7.12. The molecule has 31 heavy (non-hydrogen) atoms. The molecular formula is C21H22ClFN6O2. The van der Waals surface area contributed by atoms with Gasteiger partial charge in [0, 0.05) is 38.4 Å². The number of methoxy groups -OCH3 is 1. The Morgan fingerprint density at radius 3 is 2.71 bits per heavy atom. The zero-order chi connectivity index (χ0) is 21.8. The lowest BCUT2D eigenvalue weighted by atomic mass is 10.2. The van der Waals surface area contributed by atoms with Gasteiger partial charge < -0.3 is 15.0 Å². The number of halogens is 2. The second kappa shape index (κ2) is 9.32. The van der Waals surface area contributed by atoms with Gasteiger partial charge in [-0.2, -0.15) is 0 Å². The lowest BCUT2D eigenvalue weighted by Crippen LogP contribution is -2.46. The molecule has 1 aliphatic rings.